The molecule has 3 heterocycles. The van der Waals surface area contributed by atoms with Crippen molar-refractivity contribution in [1.82, 2.24) is 19.5 Å². The molecule has 148 valence electrons. The van der Waals surface area contributed by atoms with Crippen LogP contribution in [0.4, 0.5) is 13.2 Å². The number of nitrogens with zero attached hydrogens (tertiary/aromatic N) is 4. The summed E-state index contributed by atoms with van der Waals surface area (Å²) in [5, 5.41) is 7.36. The van der Waals surface area contributed by atoms with Crippen molar-refractivity contribution < 1.29 is 18.0 Å². The molecular weight excluding hydrogens is 401 g/mol. The Morgan fingerprint density at radius 2 is 1.93 bits per heavy atom. The number of carbonyl (C=O) groups is 1. The van der Waals surface area contributed by atoms with Crippen LogP contribution >= 0.6 is 23.4 Å². The highest BCUT2D eigenvalue weighted by Gasteiger charge is 2.34. The molecule has 0 aromatic carbocycles. The Morgan fingerprint density at radius 3 is 2.52 bits per heavy atom. The minimum absolute atomic E-state index is 0.0467. The van der Waals surface area contributed by atoms with E-state index in [0.717, 1.165) is 43.3 Å². The fraction of sp³-hybridized carbons (Fsp3) is 0.588. The van der Waals surface area contributed by atoms with Crippen LogP contribution in [0.25, 0.3) is 5.65 Å². The Hall–Kier alpha value is -1.48. The average Bonchev–Trinajstić information content (AvgIpc) is 2.97. The van der Waals surface area contributed by atoms with Gasteiger partial charge in [0.05, 0.1) is 15.8 Å². The summed E-state index contributed by atoms with van der Waals surface area (Å²) in [6.07, 6.45) is -0.643. The molecule has 1 fully saturated rings. The van der Waals surface area contributed by atoms with Crippen molar-refractivity contribution in [1.29, 1.82) is 0 Å². The number of thioether (sulfide) groups is 1. The van der Waals surface area contributed by atoms with Gasteiger partial charge in [-0.15, -0.1) is 10.2 Å². The summed E-state index contributed by atoms with van der Waals surface area (Å²) in [7, 11) is 0. The summed E-state index contributed by atoms with van der Waals surface area (Å²) in [6, 6.07) is 1.11. The lowest BCUT2D eigenvalue weighted by molar-refractivity contribution is -0.138. The number of pyridine rings is 1. The van der Waals surface area contributed by atoms with Crippen LogP contribution in [0, 0.1) is 0 Å². The lowest BCUT2D eigenvalue weighted by Gasteiger charge is -2.40. The Balaban J connectivity index is 1.87. The molecule has 3 unspecified atom stereocenters. The predicted octanol–water partition coefficient (Wildman–Crippen LogP) is 4.67. The normalized spacial score (nSPS) is 22.3. The van der Waals surface area contributed by atoms with E-state index >= 15 is 0 Å². The van der Waals surface area contributed by atoms with Gasteiger partial charge in [0, 0.05) is 18.3 Å². The van der Waals surface area contributed by atoms with E-state index in [1.54, 1.807) is 6.92 Å². The van der Waals surface area contributed by atoms with Gasteiger partial charge in [-0.2, -0.15) is 13.2 Å². The van der Waals surface area contributed by atoms with E-state index in [1.165, 1.54) is 4.40 Å². The standard InChI is InChI=1S/C17H20ClF3N4OS/c1-9-5-4-6-10(2)25(9)15(26)11(3)27-16-23-22-14-13(18)7-12(8-24(14)16)17(19,20)21/h7-11H,4-6H2,1-3H3. The summed E-state index contributed by atoms with van der Waals surface area (Å²) >= 11 is 7.02. The van der Waals surface area contributed by atoms with Gasteiger partial charge in [0.2, 0.25) is 5.91 Å². The van der Waals surface area contributed by atoms with Crippen molar-refractivity contribution in [2.45, 2.75) is 68.7 Å². The maximum Gasteiger partial charge on any atom is 0.417 e. The quantitative estimate of drug-likeness (QED) is 0.677. The number of alkyl halides is 3. The molecule has 3 rings (SSSR count). The molecular formula is C17H20ClF3N4OS. The minimum atomic E-state index is -4.54. The van der Waals surface area contributed by atoms with Crippen molar-refractivity contribution >= 4 is 34.9 Å². The molecule has 2 aromatic rings. The number of hydrogen-bond acceptors (Lipinski definition) is 4. The summed E-state index contributed by atoms with van der Waals surface area (Å²) in [5.41, 5.74) is -0.759. The molecule has 0 saturated carbocycles. The lowest BCUT2D eigenvalue weighted by Crippen LogP contribution is -2.50. The van der Waals surface area contributed by atoms with Gasteiger partial charge in [0.1, 0.15) is 0 Å². The number of amides is 1. The molecule has 10 heteroatoms. The average molecular weight is 421 g/mol. The van der Waals surface area contributed by atoms with E-state index < -0.39 is 17.0 Å². The van der Waals surface area contributed by atoms with Gasteiger partial charge in [-0.25, -0.2) is 0 Å². The smallest absolute Gasteiger partial charge is 0.336 e. The zero-order chi connectivity index (χ0) is 19.9. The SMILES string of the molecule is CC(Sc1nnc2c(Cl)cc(C(F)(F)F)cn12)C(=O)N1C(C)CCCC1C. The van der Waals surface area contributed by atoms with Gasteiger partial charge in [-0.1, -0.05) is 23.4 Å². The molecule has 1 aliphatic rings. The van der Waals surface area contributed by atoms with Gasteiger partial charge >= 0.3 is 6.18 Å². The van der Waals surface area contributed by atoms with Crippen molar-refractivity contribution in [3.05, 3.63) is 22.8 Å². The Bertz CT molecular complexity index is 847. The van der Waals surface area contributed by atoms with Crippen molar-refractivity contribution in [2.24, 2.45) is 0 Å². The number of piperidine rings is 1. The fourth-order valence-corrected chi connectivity index (χ4v) is 4.57. The first kappa shape index (κ1) is 20.3. The molecule has 1 amide bonds. The largest absolute Gasteiger partial charge is 0.417 e. The fourth-order valence-electron chi connectivity index (χ4n) is 3.44. The summed E-state index contributed by atoms with van der Waals surface area (Å²) in [5.74, 6) is -0.0467. The van der Waals surface area contributed by atoms with Gasteiger partial charge in [-0.05, 0) is 46.1 Å². The number of likely N-dealkylation sites (tertiary alicyclic amines) is 1. The van der Waals surface area contributed by atoms with E-state index in [-0.39, 0.29) is 33.8 Å². The number of halogens is 4. The summed E-state index contributed by atoms with van der Waals surface area (Å²) in [4.78, 5) is 14.8. The zero-order valence-electron chi connectivity index (χ0n) is 15.1. The highest BCUT2D eigenvalue weighted by Crippen LogP contribution is 2.34. The predicted molar refractivity (Wildman–Crippen MR) is 97.9 cm³/mol. The van der Waals surface area contributed by atoms with Crippen molar-refractivity contribution in [3.63, 3.8) is 0 Å². The molecule has 0 bridgehead atoms. The highest BCUT2D eigenvalue weighted by molar-refractivity contribution is 8.00. The summed E-state index contributed by atoms with van der Waals surface area (Å²) < 4.78 is 40.4. The van der Waals surface area contributed by atoms with E-state index in [0.29, 0.717) is 0 Å². The molecule has 1 aliphatic heterocycles. The van der Waals surface area contributed by atoms with Crippen LogP contribution in [0.15, 0.2) is 17.4 Å². The molecule has 0 radical (unpaired) electrons. The third kappa shape index (κ3) is 4.03. The molecule has 5 nitrogen and oxygen atoms in total. The number of fused-ring (bicyclic) bond motifs is 1. The van der Waals surface area contributed by atoms with Gasteiger partial charge in [-0.3, -0.25) is 9.20 Å². The van der Waals surface area contributed by atoms with Gasteiger partial charge in [0.25, 0.3) is 0 Å². The topological polar surface area (TPSA) is 50.5 Å². The maximum absolute atomic E-state index is 13.1. The van der Waals surface area contributed by atoms with Crippen LogP contribution in [-0.2, 0) is 11.0 Å². The monoisotopic (exact) mass is 420 g/mol. The van der Waals surface area contributed by atoms with Crippen molar-refractivity contribution in [3.8, 4) is 0 Å². The second kappa shape index (κ2) is 7.50. The third-order valence-corrected chi connectivity index (χ3v) is 6.16. The van der Waals surface area contributed by atoms with E-state index in [9.17, 15) is 18.0 Å². The number of aromatic nitrogens is 3. The van der Waals surface area contributed by atoms with Gasteiger partial charge < -0.3 is 4.90 Å². The molecule has 0 spiro atoms. The molecule has 0 N–H and O–H groups in total. The molecule has 3 atom stereocenters. The second-order valence-electron chi connectivity index (χ2n) is 6.89. The van der Waals surface area contributed by atoms with Crippen LogP contribution in [0.3, 0.4) is 0 Å². The lowest BCUT2D eigenvalue weighted by atomic mass is 9.97. The zero-order valence-corrected chi connectivity index (χ0v) is 16.7. The number of carbonyl (C=O) groups excluding carboxylic acids is 1. The minimum Gasteiger partial charge on any atom is -0.336 e. The molecule has 27 heavy (non-hydrogen) atoms. The van der Waals surface area contributed by atoms with Crippen LogP contribution in [0.2, 0.25) is 5.02 Å². The summed E-state index contributed by atoms with van der Waals surface area (Å²) in [6.45, 7) is 5.77. The van der Waals surface area contributed by atoms with Crippen LogP contribution < -0.4 is 0 Å². The van der Waals surface area contributed by atoms with E-state index in [4.69, 9.17) is 11.6 Å². The first-order chi connectivity index (χ1) is 12.6. The Kier molecular flexibility index (Phi) is 5.63. The van der Waals surface area contributed by atoms with Gasteiger partial charge in [0.15, 0.2) is 10.8 Å². The first-order valence-electron chi connectivity index (χ1n) is 8.70. The van der Waals surface area contributed by atoms with Crippen LogP contribution in [0.1, 0.15) is 45.6 Å². The molecule has 0 aliphatic carbocycles. The van der Waals surface area contributed by atoms with E-state index in [1.807, 2.05) is 18.7 Å². The van der Waals surface area contributed by atoms with Crippen molar-refractivity contribution in [2.75, 3.05) is 0 Å². The number of rotatable bonds is 3. The van der Waals surface area contributed by atoms with Crippen LogP contribution in [0.5, 0.6) is 0 Å². The molecule has 2 aromatic heterocycles. The third-order valence-electron chi connectivity index (χ3n) is 4.83. The highest BCUT2D eigenvalue weighted by atomic mass is 35.5. The first-order valence-corrected chi connectivity index (χ1v) is 9.95. The van der Waals surface area contributed by atoms with Crippen LogP contribution in [-0.4, -0.2) is 42.7 Å². The second-order valence-corrected chi connectivity index (χ2v) is 8.60. The maximum atomic E-state index is 13.1. The molecule has 1 saturated heterocycles. The Morgan fingerprint density at radius 1 is 1.30 bits per heavy atom. The Labute approximate surface area is 164 Å². The van der Waals surface area contributed by atoms with E-state index in [2.05, 4.69) is 10.2 Å². The number of hydrogen-bond donors (Lipinski definition) is 0.